The van der Waals surface area contributed by atoms with Gasteiger partial charge in [-0.05, 0) is 99.7 Å². The summed E-state index contributed by atoms with van der Waals surface area (Å²) >= 11 is 0. The average Bonchev–Trinajstić information content (AvgIpc) is 3.63. The zero-order valence-electron chi connectivity index (χ0n) is 20.5. The number of benzene rings is 1. The number of primary amides is 1. The SMILES string of the molecule is COc1ccc(C)c(CCCN(CC2CC2)[C@H](C)[C@@]2(O)CCc3[nH]c(=O)c(C(N)=O)cc3C2)c1. The quantitative estimate of drug-likeness (QED) is 0.498. The highest BCUT2D eigenvalue weighted by Gasteiger charge is 2.41. The van der Waals surface area contributed by atoms with Crippen molar-refractivity contribution in [2.75, 3.05) is 20.2 Å². The summed E-state index contributed by atoms with van der Waals surface area (Å²) in [5, 5.41) is 11.8. The molecule has 0 aliphatic heterocycles. The van der Waals surface area contributed by atoms with E-state index in [1.165, 1.54) is 24.0 Å². The monoisotopic (exact) mass is 467 g/mol. The van der Waals surface area contributed by atoms with Gasteiger partial charge in [0.25, 0.3) is 11.5 Å². The lowest BCUT2D eigenvalue weighted by atomic mass is 9.77. The number of amides is 1. The van der Waals surface area contributed by atoms with Gasteiger partial charge in [-0.3, -0.25) is 14.5 Å². The van der Waals surface area contributed by atoms with E-state index in [0.717, 1.165) is 42.9 Å². The molecule has 0 radical (unpaired) electrons. The van der Waals surface area contributed by atoms with Gasteiger partial charge in [0.1, 0.15) is 11.3 Å². The van der Waals surface area contributed by atoms with E-state index < -0.39 is 17.1 Å². The van der Waals surface area contributed by atoms with Crippen LogP contribution in [0.2, 0.25) is 0 Å². The third kappa shape index (κ3) is 5.36. The molecule has 1 aromatic carbocycles. The van der Waals surface area contributed by atoms with Gasteiger partial charge in [0.2, 0.25) is 0 Å². The third-order valence-corrected chi connectivity index (χ3v) is 7.75. The van der Waals surface area contributed by atoms with Crippen molar-refractivity contribution in [1.82, 2.24) is 9.88 Å². The summed E-state index contributed by atoms with van der Waals surface area (Å²) in [5.41, 5.74) is 8.13. The van der Waals surface area contributed by atoms with Gasteiger partial charge in [0, 0.05) is 24.7 Å². The second kappa shape index (κ2) is 9.92. The number of pyridine rings is 1. The molecule has 1 fully saturated rings. The van der Waals surface area contributed by atoms with E-state index in [0.29, 0.717) is 25.2 Å². The van der Waals surface area contributed by atoms with E-state index in [2.05, 4.69) is 35.9 Å². The maximum Gasteiger partial charge on any atom is 0.261 e. The summed E-state index contributed by atoms with van der Waals surface area (Å²) in [6.07, 6.45) is 6.01. The van der Waals surface area contributed by atoms with Crippen molar-refractivity contribution in [1.29, 1.82) is 0 Å². The number of carbonyl (C=O) groups is 1. The Bertz CT molecular complexity index is 1110. The van der Waals surface area contributed by atoms with Gasteiger partial charge < -0.3 is 20.6 Å². The van der Waals surface area contributed by atoms with Crippen LogP contribution in [0, 0.1) is 12.8 Å². The maximum absolute atomic E-state index is 12.1. The molecule has 1 amide bonds. The van der Waals surface area contributed by atoms with E-state index in [1.54, 1.807) is 13.2 Å². The molecular weight excluding hydrogens is 430 g/mol. The van der Waals surface area contributed by atoms with Gasteiger partial charge in [-0.2, -0.15) is 0 Å². The lowest BCUT2D eigenvalue weighted by Gasteiger charge is -2.44. The number of fused-ring (bicyclic) bond motifs is 1. The summed E-state index contributed by atoms with van der Waals surface area (Å²) in [5.74, 6) is 0.847. The molecule has 4 rings (SSSR count). The minimum absolute atomic E-state index is 0.0425. The molecule has 1 saturated carbocycles. The van der Waals surface area contributed by atoms with Crippen LogP contribution in [0.4, 0.5) is 0 Å². The smallest absolute Gasteiger partial charge is 0.261 e. The number of nitrogens with one attached hydrogen (secondary N) is 1. The number of rotatable bonds is 10. The van der Waals surface area contributed by atoms with Gasteiger partial charge in [0.15, 0.2) is 0 Å². The van der Waals surface area contributed by atoms with Gasteiger partial charge in [-0.25, -0.2) is 0 Å². The van der Waals surface area contributed by atoms with E-state index >= 15 is 0 Å². The first-order valence-corrected chi connectivity index (χ1v) is 12.3. The van der Waals surface area contributed by atoms with Crippen molar-refractivity contribution >= 4 is 5.91 Å². The molecule has 2 aliphatic rings. The summed E-state index contributed by atoms with van der Waals surface area (Å²) in [7, 11) is 1.69. The Morgan fingerprint density at radius 1 is 1.35 bits per heavy atom. The third-order valence-electron chi connectivity index (χ3n) is 7.75. The van der Waals surface area contributed by atoms with Crippen LogP contribution in [0.1, 0.15) is 65.3 Å². The predicted octanol–water partition coefficient (Wildman–Crippen LogP) is 2.74. The zero-order chi connectivity index (χ0) is 24.5. The van der Waals surface area contributed by atoms with Crippen LogP contribution < -0.4 is 16.0 Å². The molecule has 1 heterocycles. The molecular formula is C27H37N3O4. The maximum atomic E-state index is 12.1. The second-order valence-corrected chi connectivity index (χ2v) is 10.2. The Balaban J connectivity index is 1.48. The first-order valence-electron chi connectivity index (χ1n) is 12.3. The van der Waals surface area contributed by atoms with Gasteiger partial charge in [-0.1, -0.05) is 6.07 Å². The van der Waals surface area contributed by atoms with Crippen molar-refractivity contribution in [3.63, 3.8) is 0 Å². The molecule has 2 aliphatic carbocycles. The Morgan fingerprint density at radius 2 is 2.12 bits per heavy atom. The minimum atomic E-state index is -0.930. The van der Waals surface area contributed by atoms with Crippen molar-refractivity contribution in [3.8, 4) is 5.75 Å². The number of aliphatic hydroxyl groups is 1. The molecule has 0 bridgehead atoms. The first-order chi connectivity index (χ1) is 16.2. The molecule has 4 N–H and O–H groups in total. The van der Waals surface area contributed by atoms with E-state index in [1.807, 2.05) is 6.07 Å². The highest BCUT2D eigenvalue weighted by atomic mass is 16.5. The number of aromatic nitrogens is 1. The minimum Gasteiger partial charge on any atom is -0.497 e. The lowest BCUT2D eigenvalue weighted by molar-refractivity contribution is -0.0526. The normalized spacial score (nSPS) is 20.7. The fourth-order valence-corrected chi connectivity index (χ4v) is 5.22. The van der Waals surface area contributed by atoms with Crippen LogP contribution in [0.3, 0.4) is 0 Å². The van der Waals surface area contributed by atoms with Crippen LogP contribution in [-0.2, 0) is 19.3 Å². The second-order valence-electron chi connectivity index (χ2n) is 10.2. The number of hydrogen-bond donors (Lipinski definition) is 3. The molecule has 7 nitrogen and oxygen atoms in total. The zero-order valence-corrected chi connectivity index (χ0v) is 20.5. The fourth-order valence-electron chi connectivity index (χ4n) is 5.22. The summed E-state index contributed by atoms with van der Waals surface area (Å²) in [4.78, 5) is 29.0. The Hall–Kier alpha value is -2.64. The average molecular weight is 468 g/mol. The largest absolute Gasteiger partial charge is 0.497 e. The molecule has 2 aromatic rings. The highest BCUT2D eigenvalue weighted by Crippen LogP contribution is 2.36. The van der Waals surface area contributed by atoms with Crippen LogP contribution >= 0.6 is 0 Å². The van der Waals surface area contributed by atoms with Crippen LogP contribution in [0.15, 0.2) is 29.1 Å². The molecule has 1 aromatic heterocycles. The number of aromatic amines is 1. The molecule has 7 heteroatoms. The summed E-state index contributed by atoms with van der Waals surface area (Å²) in [6.45, 7) is 6.14. The van der Waals surface area contributed by atoms with Crippen LogP contribution in [-0.4, -0.2) is 52.7 Å². The number of methoxy groups -OCH3 is 1. The summed E-state index contributed by atoms with van der Waals surface area (Å²) in [6, 6.07) is 7.74. The first kappa shape index (κ1) is 24.5. The van der Waals surface area contributed by atoms with Gasteiger partial charge >= 0.3 is 0 Å². The molecule has 34 heavy (non-hydrogen) atoms. The number of carbonyl (C=O) groups excluding carboxylic acids is 1. The van der Waals surface area contributed by atoms with E-state index in [4.69, 9.17) is 10.5 Å². The molecule has 2 atom stereocenters. The fraction of sp³-hybridized carbons (Fsp3) is 0.556. The van der Waals surface area contributed by atoms with E-state index in [9.17, 15) is 14.7 Å². The van der Waals surface area contributed by atoms with Crippen molar-refractivity contribution in [3.05, 3.63) is 62.6 Å². The van der Waals surface area contributed by atoms with Crippen molar-refractivity contribution in [2.45, 2.75) is 70.4 Å². The van der Waals surface area contributed by atoms with Crippen LogP contribution in [0.25, 0.3) is 0 Å². The number of nitrogens with two attached hydrogens (primary N) is 1. The Morgan fingerprint density at radius 3 is 2.79 bits per heavy atom. The molecule has 0 unspecified atom stereocenters. The number of hydrogen-bond acceptors (Lipinski definition) is 5. The number of ether oxygens (including phenoxy) is 1. The number of nitrogens with zero attached hydrogens (tertiary/aromatic N) is 1. The molecule has 0 saturated heterocycles. The van der Waals surface area contributed by atoms with Gasteiger partial charge in [-0.15, -0.1) is 0 Å². The van der Waals surface area contributed by atoms with E-state index in [-0.39, 0.29) is 11.6 Å². The topological polar surface area (TPSA) is 109 Å². The number of H-pyrrole nitrogens is 1. The van der Waals surface area contributed by atoms with Crippen molar-refractivity contribution < 1.29 is 14.6 Å². The highest BCUT2D eigenvalue weighted by molar-refractivity contribution is 5.92. The lowest BCUT2D eigenvalue weighted by Crippen LogP contribution is -2.55. The van der Waals surface area contributed by atoms with Gasteiger partial charge in [0.05, 0.1) is 12.7 Å². The predicted molar refractivity (Wildman–Crippen MR) is 132 cm³/mol. The number of aryl methyl sites for hydroxylation is 3. The van der Waals surface area contributed by atoms with Crippen molar-refractivity contribution in [2.24, 2.45) is 11.7 Å². The summed E-state index contributed by atoms with van der Waals surface area (Å²) < 4.78 is 5.39. The standard InChI is InChI=1S/C27H37N3O4/c1-17-6-9-22(34-3)13-20(17)5-4-12-30(16-19-7-8-19)18(2)27(33)11-10-24-21(15-27)14-23(25(28)31)26(32)29-24/h6,9,13-14,18-19,33H,4-5,7-8,10-12,15-16H2,1-3H3,(H2,28,31)(H,29,32)/t18-,27-/m1/s1. The van der Waals surface area contributed by atoms with Crippen LogP contribution in [0.5, 0.6) is 5.75 Å². The Labute approximate surface area is 201 Å². The molecule has 184 valence electrons. The molecule has 0 spiro atoms. The Kier molecular flexibility index (Phi) is 7.14.